The van der Waals surface area contributed by atoms with Crippen molar-refractivity contribution >= 4 is 5.97 Å². The summed E-state index contributed by atoms with van der Waals surface area (Å²) in [5, 5.41) is 19.0. The summed E-state index contributed by atoms with van der Waals surface area (Å²) in [7, 11) is 0. The lowest BCUT2D eigenvalue weighted by Gasteiger charge is -2.20. The van der Waals surface area contributed by atoms with Gasteiger partial charge in [-0.15, -0.1) is 0 Å². The number of hydrogen-bond donors (Lipinski definition) is 2. The number of carbonyl (C=O) groups is 1. The van der Waals surface area contributed by atoms with Crippen LogP contribution in [-0.4, -0.2) is 16.2 Å². The molecule has 1 aliphatic carbocycles. The fourth-order valence-electron chi connectivity index (χ4n) is 2.48. The van der Waals surface area contributed by atoms with Crippen molar-refractivity contribution in [3.05, 3.63) is 28.8 Å². The molecule has 0 aromatic heterocycles. The molecule has 1 saturated carbocycles. The molecule has 1 unspecified atom stereocenters. The van der Waals surface area contributed by atoms with E-state index in [1.54, 1.807) is 6.07 Å². The Morgan fingerprint density at radius 1 is 1.41 bits per heavy atom. The third-order valence-corrected chi connectivity index (χ3v) is 3.72. The molecule has 2 rings (SSSR count). The lowest BCUT2D eigenvalue weighted by Crippen LogP contribution is -2.10. The minimum absolute atomic E-state index is 0.0348. The standard InChI is InChI=1S/C14H18O3/c1-8-3-6-12(15)14(9(8)2)11(7-13(16)17)10-4-5-10/h3,6,10-11,15H,4-5,7H2,1-2H3,(H,16,17). The number of aryl methyl sites for hydroxylation is 1. The highest BCUT2D eigenvalue weighted by Crippen LogP contribution is 2.48. The van der Waals surface area contributed by atoms with Crippen molar-refractivity contribution in [2.75, 3.05) is 0 Å². The Bertz CT molecular complexity index is 447. The van der Waals surface area contributed by atoms with Crippen molar-refractivity contribution in [1.82, 2.24) is 0 Å². The fraction of sp³-hybridized carbons (Fsp3) is 0.500. The third-order valence-electron chi connectivity index (χ3n) is 3.72. The summed E-state index contributed by atoms with van der Waals surface area (Å²) in [5.41, 5.74) is 2.98. The molecule has 1 aromatic carbocycles. The van der Waals surface area contributed by atoms with Crippen LogP contribution >= 0.6 is 0 Å². The van der Waals surface area contributed by atoms with Crippen molar-refractivity contribution in [3.8, 4) is 5.75 Å². The Kier molecular flexibility index (Phi) is 3.09. The molecule has 1 aliphatic rings. The predicted molar refractivity (Wildman–Crippen MR) is 65.3 cm³/mol. The van der Waals surface area contributed by atoms with Crippen LogP contribution in [0.4, 0.5) is 0 Å². The SMILES string of the molecule is Cc1ccc(O)c(C(CC(=O)O)C2CC2)c1C. The molecule has 0 radical (unpaired) electrons. The van der Waals surface area contributed by atoms with Crippen LogP contribution in [-0.2, 0) is 4.79 Å². The van der Waals surface area contributed by atoms with Crippen molar-refractivity contribution in [2.24, 2.45) is 5.92 Å². The van der Waals surface area contributed by atoms with E-state index in [0.717, 1.165) is 29.5 Å². The van der Waals surface area contributed by atoms with Gasteiger partial charge in [-0.3, -0.25) is 4.79 Å². The predicted octanol–water partition coefficient (Wildman–Crippen LogP) is 2.98. The molecule has 0 aliphatic heterocycles. The van der Waals surface area contributed by atoms with E-state index in [1.807, 2.05) is 19.9 Å². The van der Waals surface area contributed by atoms with Gasteiger partial charge in [-0.25, -0.2) is 0 Å². The maximum absolute atomic E-state index is 10.9. The van der Waals surface area contributed by atoms with Crippen molar-refractivity contribution in [2.45, 2.75) is 39.0 Å². The first-order valence-corrected chi connectivity index (χ1v) is 6.01. The first-order chi connectivity index (χ1) is 8.00. The number of aliphatic carboxylic acids is 1. The molecule has 92 valence electrons. The van der Waals surface area contributed by atoms with Gasteiger partial charge in [-0.2, -0.15) is 0 Å². The van der Waals surface area contributed by atoms with Gasteiger partial charge >= 0.3 is 5.97 Å². The van der Waals surface area contributed by atoms with Crippen LogP contribution in [0.2, 0.25) is 0 Å². The van der Waals surface area contributed by atoms with Crippen LogP contribution in [0.1, 0.15) is 41.9 Å². The lowest BCUT2D eigenvalue weighted by molar-refractivity contribution is -0.137. The van der Waals surface area contributed by atoms with Gasteiger partial charge in [0.25, 0.3) is 0 Å². The van der Waals surface area contributed by atoms with Crippen LogP contribution in [0.25, 0.3) is 0 Å². The summed E-state index contributed by atoms with van der Waals surface area (Å²) >= 11 is 0. The molecule has 3 heteroatoms. The lowest BCUT2D eigenvalue weighted by atomic mass is 9.86. The number of phenolic OH excluding ortho intramolecular Hbond substituents is 1. The summed E-state index contributed by atoms with van der Waals surface area (Å²) in [6, 6.07) is 3.55. The van der Waals surface area contributed by atoms with Gasteiger partial charge in [0.1, 0.15) is 5.75 Å². The quantitative estimate of drug-likeness (QED) is 0.842. The summed E-state index contributed by atoms with van der Waals surface area (Å²) in [4.78, 5) is 10.9. The Hall–Kier alpha value is -1.51. The number of phenols is 1. The second kappa shape index (κ2) is 4.40. The van der Waals surface area contributed by atoms with Crippen LogP contribution in [0.5, 0.6) is 5.75 Å². The van der Waals surface area contributed by atoms with Gasteiger partial charge < -0.3 is 10.2 Å². The second-order valence-corrected chi connectivity index (χ2v) is 4.98. The zero-order valence-corrected chi connectivity index (χ0v) is 10.2. The van der Waals surface area contributed by atoms with Crippen LogP contribution in [0.3, 0.4) is 0 Å². The van der Waals surface area contributed by atoms with Gasteiger partial charge in [-0.1, -0.05) is 6.07 Å². The first-order valence-electron chi connectivity index (χ1n) is 6.01. The maximum atomic E-state index is 10.9. The largest absolute Gasteiger partial charge is 0.508 e. The molecule has 0 spiro atoms. The van der Waals surface area contributed by atoms with Crippen molar-refractivity contribution < 1.29 is 15.0 Å². The number of rotatable bonds is 4. The molecule has 0 heterocycles. The van der Waals surface area contributed by atoms with E-state index in [-0.39, 0.29) is 18.1 Å². The summed E-state index contributed by atoms with van der Waals surface area (Å²) in [5.74, 6) is -0.154. The molecular formula is C14H18O3. The van der Waals surface area contributed by atoms with E-state index in [4.69, 9.17) is 5.11 Å². The summed E-state index contributed by atoms with van der Waals surface area (Å²) < 4.78 is 0. The molecule has 3 nitrogen and oxygen atoms in total. The topological polar surface area (TPSA) is 57.5 Å². The van der Waals surface area contributed by atoms with Crippen LogP contribution < -0.4 is 0 Å². The minimum atomic E-state index is -0.790. The minimum Gasteiger partial charge on any atom is -0.508 e. The Morgan fingerprint density at radius 2 is 2.06 bits per heavy atom. The molecule has 2 N–H and O–H groups in total. The first kappa shape index (κ1) is 12.0. The molecule has 1 fully saturated rings. The van der Waals surface area contributed by atoms with E-state index < -0.39 is 5.97 Å². The number of hydrogen-bond acceptors (Lipinski definition) is 2. The van der Waals surface area contributed by atoms with E-state index in [2.05, 4.69) is 0 Å². The summed E-state index contributed by atoms with van der Waals surface area (Å²) in [6.45, 7) is 3.95. The van der Waals surface area contributed by atoms with Gasteiger partial charge in [0.05, 0.1) is 6.42 Å². The Morgan fingerprint density at radius 3 is 2.59 bits per heavy atom. The van der Waals surface area contributed by atoms with Crippen LogP contribution in [0, 0.1) is 19.8 Å². The number of benzene rings is 1. The van der Waals surface area contributed by atoms with E-state index in [0.29, 0.717) is 5.92 Å². The summed E-state index contributed by atoms with van der Waals surface area (Å²) in [6.07, 6.45) is 2.26. The number of aromatic hydroxyl groups is 1. The molecular weight excluding hydrogens is 216 g/mol. The normalized spacial score (nSPS) is 16.8. The molecule has 0 saturated heterocycles. The average molecular weight is 234 g/mol. The zero-order chi connectivity index (χ0) is 12.6. The van der Waals surface area contributed by atoms with E-state index in [1.165, 1.54) is 0 Å². The van der Waals surface area contributed by atoms with Crippen molar-refractivity contribution in [3.63, 3.8) is 0 Å². The average Bonchev–Trinajstić information content (AvgIpc) is 3.06. The van der Waals surface area contributed by atoms with Gasteiger partial charge in [-0.05, 0) is 49.8 Å². The highest BCUT2D eigenvalue weighted by molar-refractivity contribution is 5.69. The van der Waals surface area contributed by atoms with Crippen LogP contribution in [0.15, 0.2) is 12.1 Å². The molecule has 0 bridgehead atoms. The van der Waals surface area contributed by atoms with E-state index in [9.17, 15) is 9.90 Å². The van der Waals surface area contributed by atoms with Gasteiger partial charge in [0.2, 0.25) is 0 Å². The number of carboxylic acid groups (broad SMARTS) is 1. The highest BCUT2D eigenvalue weighted by Gasteiger charge is 2.36. The highest BCUT2D eigenvalue weighted by atomic mass is 16.4. The monoisotopic (exact) mass is 234 g/mol. The fourth-order valence-corrected chi connectivity index (χ4v) is 2.48. The van der Waals surface area contributed by atoms with Gasteiger partial charge in [0.15, 0.2) is 0 Å². The maximum Gasteiger partial charge on any atom is 0.303 e. The third kappa shape index (κ3) is 2.43. The van der Waals surface area contributed by atoms with E-state index >= 15 is 0 Å². The zero-order valence-electron chi connectivity index (χ0n) is 10.2. The Labute approximate surface area is 101 Å². The molecule has 0 amide bonds. The number of carboxylic acids is 1. The molecule has 1 aromatic rings. The molecule has 1 atom stereocenters. The Balaban J connectivity index is 2.41. The van der Waals surface area contributed by atoms with Crippen molar-refractivity contribution in [1.29, 1.82) is 0 Å². The molecule has 17 heavy (non-hydrogen) atoms. The smallest absolute Gasteiger partial charge is 0.303 e. The second-order valence-electron chi connectivity index (χ2n) is 4.98. The van der Waals surface area contributed by atoms with Gasteiger partial charge in [0, 0.05) is 11.5 Å².